The second-order valence-corrected chi connectivity index (χ2v) is 8.96. The minimum atomic E-state index is 0.422. The van der Waals surface area contributed by atoms with Gasteiger partial charge in [0.2, 0.25) is 0 Å². The van der Waals surface area contributed by atoms with Crippen LogP contribution in [0.5, 0.6) is 0 Å². The van der Waals surface area contributed by atoms with Gasteiger partial charge in [-0.2, -0.15) is 0 Å². The third-order valence-electron chi connectivity index (χ3n) is 4.75. The highest BCUT2D eigenvalue weighted by Crippen LogP contribution is 2.25. The van der Waals surface area contributed by atoms with Crippen LogP contribution in [-0.4, -0.2) is 10.9 Å². The van der Waals surface area contributed by atoms with E-state index < -0.39 is 0 Å². The molecular formula is C21H42OS. The summed E-state index contributed by atoms with van der Waals surface area (Å²) >= 11 is 1.60. The first kappa shape index (κ1) is 23.0. The summed E-state index contributed by atoms with van der Waals surface area (Å²) in [5.41, 5.74) is 0. The van der Waals surface area contributed by atoms with Gasteiger partial charge in [-0.15, -0.1) is 0 Å². The van der Waals surface area contributed by atoms with Crippen LogP contribution in [0.15, 0.2) is 0 Å². The molecule has 0 aliphatic heterocycles. The van der Waals surface area contributed by atoms with Crippen LogP contribution in [0.2, 0.25) is 0 Å². The quantitative estimate of drug-likeness (QED) is 0.287. The maximum absolute atomic E-state index is 12.0. The number of rotatable bonds is 15. The third kappa shape index (κ3) is 15.3. The van der Waals surface area contributed by atoms with Crippen molar-refractivity contribution in [3.63, 3.8) is 0 Å². The fraction of sp³-hybridized carbons (Fsp3) is 0.952. The Hall–Kier alpha value is 0.0200. The van der Waals surface area contributed by atoms with Crippen molar-refractivity contribution in [2.75, 3.05) is 5.75 Å². The summed E-state index contributed by atoms with van der Waals surface area (Å²) in [4.78, 5) is 12.0. The average molecular weight is 343 g/mol. The van der Waals surface area contributed by atoms with Gasteiger partial charge in [0.25, 0.3) is 0 Å². The van der Waals surface area contributed by atoms with Crippen LogP contribution >= 0.6 is 11.8 Å². The number of hydrogen-bond donors (Lipinski definition) is 0. The molecular weight excluding hydrogens is 300 g/mol. The van der Waals surface area contributed by atoms with Crippen molar-refractivity contribution in [2.45, 2.75) is 105 Å². The van der Waals surface area contributed by atoms with Gasteiger partial charge in [0.05, 0.1) is 0 Å². The first-order chi connectivity index (χ1) is 11.0. The van der Waals surface area contributed by atoms with Crippen LogP contribution in [0.3, 0.4) is 0 Å². The van der Waals surface area contributed by atoms with Gasteiger partial charge in [0, 0.05) is 12.2 Å². The molecule has 0 spiro atoms. The summed E-state index contributed by atoms with van der Waals surface area (Å²) in [7, 11) is 0. The van der Waals surface area contributed by atoms with Gasteiger partial charge in [-0.3, -0.25) is 4.79 Å². The molecule has 0 rings (SSSR count). The molecule has 2 heteroatoms. The molecule has 1 nitrogen and oxygen atoms in total. The highest BCUT2D eigenvalue weighted by Gasteiger charge is 2.16. The third-order valence-corrected chi connectivity index (χ3v) is 5.87. The van der Waals surface area contributed by atoms with Gasteiger partial charge in [-0.25, -0.2) is 0 Å². The predicted octanol–water partition coefficient (Wildman–Crippen LogP) is 7.49. The lowest BCUT2D eigenvalue weighted by atomic mass is 9.90. The van der Waals surface area contributed by atoms with Crippen LogP contribution in [0, 0.1) is 17.8 Å². The molecule has 1 unspecified atom stereocenters. The normalized spacial score (nSPS) is 13.0. The number of thioether (sulfide) groups is 1. The molecule has 1 atom stereocenters. The van der Waals surface area contributed by atoms with E-state index in [-0.39, 0.29) is 0 Å². The average Bonchev–Trinajstić information content (AvgIpc) is 2.49. The largest absolute Gasteiger partial charge is 0.287 e. The van der Waals surface area contributed by atoms with Gasteiger partial charge in [0.1, 0.15) is 0 Å². The Balaban J connectivity index is 3.63. The van der Waals surface area contributed by atoms with Gasteiger partial charge in [-0.1, -0.05) is 97.7 Å². The van der Waals surface area contributed by atoms with Crippen LogP contribution in [0.25, 0.3) is 0 Å². The predicted molar refractivity (Wildman–Crippen MR) is 107 cm³/mol. The van der Waals surface area contributed by atoms with Crippen molar-refractivity contribution in [1.29, 1.82) is 0 Å². The summed E-state index contributed by atoms with van der Waals surface area (Å²) in [6.45, 7) is 11.4. The van der Waals surface area contributed by atoms with Crippen molar-refractivity contribution < 1.29 is 4.79 Å². The van der Waals surface area contributed by atoms with E-state index in [0.29, 0.717) is 17.0 Å². The second-order valence-electron chi connectivity index (χ2n) is 7.88. The van der Waals surface area contributed by atoms with E-state index in [1.165, 1.54) is 57.8 Å². The topological polar surface area (TPSA) is 17.1 Å². The fourth-order valence-electron chi connectivity index (χ4n) is 2.83. The number of carbonyl (C=O) groups is 1. The monoisotopic (exact) mass is 342 g/mol. The van der Waals surface area contributed by atoms with Crippen molar-refractivity contribution in [3.05, 3.63) is 0 Å². The standard InChI is InChI=1S/C21H42OS/c1-6-7-8-9-10-11-12-13-14-21(22)23-17-20(19(4)5)16-15-18(2)3/h18-20H,6-17H2,1-5H3. The molecule has 0 radical (unpaired) electrons. The Morgan fingerprint density at radius 2 is 1.39 bits per heavy atom. The van der Waals surface area contributed by atoms with E-state index in [2.05, 4.69) is 34.6 Å². The van der Waals surface area contributed by atoms with Crippen LogP contribution in [0.4, 0.5) is 0 Å². The van der Waals surface area contributed by atoms with Crippen LogP contribution in [0.1, 0.15) is 105 Å². The zero-order chi connectivity index (χ0) is 17.5. The molecule has 0 N–H and O–H groups in total. The molecule has 0 aliphatic rings. The zero-order valence-corrected chi connectivity index (χ0v) is 17.4. The molecule has 0 aliphatic carbocycles. The lowest BCUT2D eigenvalue weighted by Crippen LogP contribution is -2.14. The highest BCUT2D eigenvalue weighted by atomic mass is 32.2. The molecule has 0 aromatic rings. The molecule has 0 saturated carbocycles. The van der Waals surface area contributed by atoms with E-state index in [1.807, 2.05) is 0 Å². The maximum Gasteiger partial charge on any atom is 0.188 e. The van der Waals surface area contributed by atoms with Gasteiger partial charge in [-0.05, 0) is 30.6 Å². The van der Waals surface area contributed by atoms with E-state index in [1.54, 1.807) is 11.8 Å². The van der Waals surface area contributed by atoms with Crippen molar-refractivity contribution in [3.8, 4) is 0 Å². The SMILES string of the molecule is CCCCCCCCCCC(=O)SCC(CCC(C)C)C(C)C. The zero-order valence-electron chi connectivity index (χ0n) is 16.5. The molecule has 23 heavy (non-hydrogen) atoms. The number of unbranched alkanes of at least 4 members (excludes halogenated alkanes) is 7. The number of hydrogen-bond acceptors (Lipinski definition) is 2. The van der Waals surface area contributed by atoms with E-state index in [4.69, 9.17) is 0 Å². The lowest BCUT2D eigenvalue weighted by Gasteiger charge is -2.21. The molecule has 0 fully saturated rings. The van der Waals surface area contributed by atoms with Gasteiger partial charge < -0.3 is 0 Å². The summed E-state index contributed by atoms with van der Waals surface area (Å²) in [5, 5.41) is 0.422. The Labute approximate surface area is 150 Å². The molecule has 0 saturated heterocycles. The molecule has 138 valence electrons. The molecule has 0 amide bonds. The minimum absolute atomic E-state index is 0.422. The van der Waals surface area contributed by atoms with Crippen LogP contribution in [-0.2, 0) is 4.79 Å². The minimum Gasteiger partial charge on any atom is -0.287 e. The van der Waals surface area contributed by atoms with Crippen LogP contribution < -0.4 is 0 Å². The fourth-order valence-corrected chi connectivity index (χ4v) is 4.07. The molecule has 0 heterocycles. The number of carbonyl (C=O) groups excluding carboxylic acids is 1. The van der Waals surface area contributed by atoms with Gasteiger partial charge in [0.15, 0.2) is 5.12 Å². The van der Waals surface area contributed by atoms with E-state index >= 15 is 0 Å². The molecule has 0 bridgehead atoms. The summed E-state index contributed by atoms with van der Waals surface area (Å²) < 4.78 is 0. The van der Waals surface area contributed by atoms with Gasteiger partial charge >= 0.3 is 0 Å². The van der Waals surface area contributed by atoms with E-state index in [9.17, 15) is 4.79 Å². The Bertz CT molecular complexity index is 273. The van der Waals surface area contributed by atoms with Crippen molar-refractivity contribution >= 4 is 16.9 Å². The maximum atomic E-state index is 12.0. The van der Waals surface area contributed by atoms with E-state index in [0.717, 1.165) is 24.5 Å². The first-order valence-electron chi connectivity index (χ1n) is 10.1. The Kier molecular flexibility index (Phi) is 15.6. The summed E-state index contributed by atoms with van der Waals surface area (Å²) in [6.07, 6.45) is 13.8. The second kappa shape index (κ2) is 15.5. The molecule has 0 aromatic heterocycles. The lowest BCUT2D eigenvalue weighted by molar-refractivity contribution is -0.111. The van der Waals surface area contributed by atoms with Crippen molar-refractivity contribution in [2.24, 2.45) is 17.8 Å². The first-order valence-corrected chi connectivity index (χ1v) is 11.1. The van der Waals surface area contributed by atoms with Crippen molar-refractivity contribution in [1.82, 2.24) is 0 Å². The Morgan fingerprint density at radius 3 is 1.91 bits per heavy atom. The smallest absolute Gasteiger partial charge is 0.188 e. The highest BCUT2D eigenvalue weighted by molar-refractivity contribution is 8.13. The Morgan fingerprint density at radius 1 is 0.826 bits per heavy atom. The molecule has 0 aromatic carbocycles. The summed E-state index contributed by atoms with van der Waals surface area (Å²) in [6, 6.07) is 0. The summed E-state index contributed by atoms with van der Waals surface area (Å²) in [5.74, 6) is 3.19.